The first kappa shape index (κ1) is 28.4. The minimum absolute atomic E-state index is 0. The summed E-state index contributed by atoms with van der Waals surface area (Å²) in [6.07, 6.45) is 4.13. The van der Waals surface area contributed by atoms with Crippen LogP contribution in [0.4, 0.5) is 5.69 Å². The molecule has 1 aliphatic rings. The third kappa shape index (κ3) is 5.33. The van der Waals surface area contributed by atoms with Crippen LogP contribution in [-0.2, 0) is 7.05 Å². The quantitative estimate of drug-likeness (QED) is 0.270. The van der Waals surface area contributed by atoms with Crippen molar-refractivity contribution in [3.63, 3.8) is 0 Å². The fourth-order valence-corrected chi connectivity index (χ4v) is 5.54. The normalized spacial score (nSPS) is 13.4. The van der Waals surface area contributed by atoms with E-state index in [2.05, 4.69) is 0 Å². The second-order valence-corrected chi connectivity index (χ2v) is 9.86. The molecule has 1 fully saturated rings. The number of aromatic nitrogens is 3. The summed E-state index contributed by atoms with van der Waals surface area (Å²) in [5.74, 6) is 1.63. The van der Waals surface area contributed by atoms with Crippen molar-refractivity contribution in [3.8, 4) is 34.2 Å². The number of benzene rings is 2. The summed E-state index contributed by atoms with van der Waals surface area (Å²) in [5, 5.41) is 7.00. The molecule has 0 atom stereocenters. The average molecular weight is 615 g/mol. The van der Waals surface area contributed by atoms with E-state index in [0.29, 0.717) is 27.7 Å². The summed E-state index contributed by atoms with van der Waals surface area (Å²) < 4.78 is 22.0. The summed E-state index contributed by atoms with van der Waals surface area (Å²) >= 11 is 1.43. The van der Waals surface area contributed by atoms with Crippen molar-refractivity contribution in [3.05, 3.63) is 68.7 Å². The summed E-state index contributed by atoms with van der Waals surface area (Å²) in [7, 11) is 6.64. The Morgan fingerprint density at radius 2 is 1.59 bits per heavy atom. The Bertz CT molecular complexity index is 1600. The topological polar surface area (TPSA) is 84.3 Å². The van der Waals surface area contributed by atoms with Gasteiger partial charge in [-0.15, -0.1) is 28.3 Å². The van der Waals surface area contributed by atoms with Gasteiger partial charge in [-0.25, -0.2) is 14.4 Å². The van der Waals surface area contributed by atoms with Crippen molar-refractivity contribution in [1.29, 1.82) is 0 Å². The van der Waals surface area contributed by atoms with Gasteiger partial charge in [-0.3, -0.25) is 9.48 Å². The maximum absolute atomic E-state index is 13.5. The van der Waals surface area contributed by atoms with Gasteiger partial charge in [0.1, 0.15) is 0 Å². The zero-order valence-electron chi connectivity index (χ0n) is 22.6. The molecule has 39 heavy (non-hydrogen) atoms. The summed E-state index contributed by atoms with van der Waals surface area (Å²) in [5.41, 5.74) is 4.53. The number of nitrogens with zero attached hydrogens (tertiary/aromatic N) is 5. The number of para-hydroxylation sites is 1. The standard InChI is InChI=1S/C28H31N5O4S.BrH/c1-18-25(27(34)33(31(18)2)21-13-7-6-8-14-21)29-28-32(30-20-11-9-10-12-20)22(17-38-28)19-15-23(35-3)26(37-5)24(16-19)36-4;/h6-8,13-17H,9-12H2,1-5H3;1H. The fourth-order valence-electron chi connectivity index (χ4n) is 4.70. The molecule has 2 heterocycles. The number of hydrogen-bond donors (Lipinski definition) is 0. The van der Waals surface area contributed by atoms with Crippen LogP contribution in [0.3, 0.4) is 0 Å². The molecular weight excluding hydrogens is 582 g/mol. The molecule has 0 spiro atoms. The third-order valence-corrected chi connectivity index (χ3v) is 7.62. The molecule has 0 saturated heterocycles. The van der Waals surface area contributed by atoms with Crippen molar-refractivity contribution >= 4 is 39.7 Å². The lowest BCUT2D eigenvalue weighted by atomic mass is 10.1. The summed E-state index contributed by atoms with van der Waals surface area (Å²) in [4.78, 5) is 19.0. The van der Waals surface area contributed by atoms with Gasteiger partial charge in [0.15, 0.2) is 17.2 Å². The maximum atomic E-state index is 13.5. The molecule has 0 unspecified atom stereocenters. The zero-order chi connectivity index (χ0) is 26.8. The molecule has 206 valence electrons. The van der Waals surface area contributed by atoms with E-state index in [-0.39, 0.29) is 22.5 Å². The Labute approximate surface area is 241 Å². The SMILES string of the molecule is Br.COc1cc(-c2csc(=Nc3c(C)n(C)n(-c4ccccc4)c3=O)n2N=C2CCCC2)cc(OC)c1OC. The number of thiazole rings is 1. The molecule has 0 radical (unpaired) electrons. The minimum atomic E-state index is -0.181. The van der Waals surface area contributed by atoms with Gasteiger partial charge in [0.2, 0.25) is 10.6 Å². The molecule has 0 amide bonds. The van der Waals surface area contributed by atoms with Crippen LogP contribution in [0.25, 0.3) is 16.9 Å². The van der Waals surface area contributed by atoms with Gasteiger partial charge in [0.25, 0.3) is 5.56 Å². The average Bonchev–Trinajstić information content (AvgIpc) is 3.65. The molecule has 9 nitrogen and oxygen atoms in total. The Kier molecular flexibility index (Phi) is 8.81. The van der Waals surface area contributed by atoms with Gasteiger partial charge in [-0.2, -0.15) is 5.10 Å². The van der Waals surface area contributed by atoms with Crippen LogP contribution < -0.4 is 24.6 Å². The van der Waals surface area contributed by atoms with E-state index in [1.165, 1.54) is 11.3 Å². The molecule has 11 heteroatoms. The summed E-state index contributed by atoms with van der Waals surface area (Å²) in [6, 6.07) is 13.4. The third-order valence-electron chi connectivity index (χ3n) is 6.80. The number of methoxy groups -OCH3 is 3. The van der Waals surface area contributed by atoms with E-state index in [0.717, 1.165) is 54.0 Å². The molecule has 2 aromatic heterocycles. The minimum Gasteiger partial charge on any atom is -0.493 e. The second-order valence-electron chi connectivity index (χ2n) is 9.02. The van der Waals surface area contributed by atoms with E-state index in [1.54, 1.807) is 26.0 Å². The Morgan fingerprint density at radius 1 is 0.949 bits per heavy atom. The van der Waals surface area contributed by atoms with Crippen LogP contribution in [0.1, 0.15) is 31.4 Å². The van der Waals surface area contributed by atoms with Gasteiger partial charge in [0, 0.05) is 23.7 Å². The van der Waals surface area contributed by atoms with Crippen LogP contribution in [-0.4, -0.2) is 41.1 Å². The van der Waals surface area contributed by atoms with E-state index >= 15 is 0 Å². The van der Waals surface area contributed by atoms with Crippen LogP contribution in [0.5, 0.6) is 17.2 Å². The van der Waals surface area contributed by atoms with Crippen molar-refractivity contribution in [2.75, 3.05) is 21.3 Å². The molecule has 1 saturated carbocycles. The van der Waals surface area contributed by atoms with Crippen molar-refractivity contribution in [2.24, 2.45) is 17.1 Å². The number of rotatable bonds is 7. The van der Waals surface area contributed by atoms with Crippen molar-refractivity contribution < 1.29 is 14.2 Å². The number of ether oxygens (including phenoxy) is 3. The van der Waals surface area contributed by atoms with Gasteiger partial charge in [0.05, 0.1) is 38.4 Å². The highest BCUT2D eigenvalue weighted by atomic mass is 79.9. The molecule has 4 aromatic rings. The first-order valence-electron chi connectivity index (χ1n) is 12.4. The molecular formula is C28H32BrN5O4S. The lowest BCUT2D eigenvalue weighted by molar-refractivity contribution is 0.324. The second kappa shape index (κ2) is 12.1. The van der Waals surface area contributed by atoms with E-state index in [9.17, 15) is 4.79 Å². The van der Waals surface area contributed by atoms with Crippen molar-refractivity contribution in [1.82, 2.24) is 14.0 Å². The predicted octanol–water partition coefficient (Wildman–Crippen LogP) is 5.63. The Hall–Kier alpha value is -3.57. The van der Waals surface area contributed by atoms with Crippen molar-refractivity contribution in [2.45, 2.75) is 32.6 Å². The molecule has 0 bridgehead atoms. The Balaban J connectivity index is 0.00000353. The molecule has 5 rings (SSSR count). The molecule has 1 aliphatic carbocycles. The first-order chi connectivity index (χ1) is 18.5. The zero-order valence-corrected chi connectivity index (χ0v) is 25.2. The van der Waals surface area contributed by atoms with Crippen LogP contribution in [0.2, 0.25) is 0 Å². The highest BCUT2D eigenvalue weighted by Gasteiger charge is 2.20. The van der Waals surface area contributed by atoms with Gasteiger partial charge in [-0.1, -0.05) is 18.2 Å². The monoisotopic (exact) mass is 613 g/mol. The van der Waals surface area contributed by atoms with E-state index < -0.39 is 0 Å². The number of hydrogen-bond acceptors (Lipinski definition) is 7. The molecule has 2 aromatic carbocycles. The molecule has 0 N–H and O–H groups in total. The van der Waals surface area contributed by atoms with E-state index in [1.807, 2.05) is 71.2 Å². The highest BCUT2D eigenvalue weighted by Crippen LogP contribution is 2.41. The lowest BCUT2D eigenvalue weighted by Gasteiger charge is -2.14. The maximum Gasteiger partial charge on any atom is 0.297 e. The van der Waals surface area contributed by atoms with Crippen LogP contribution in [0, 0.1) is 6.92 Å². The highest BCUT2D eigenvalue weighted by molar-refractivity contribution is 8.93. The van der Waals surface area contributed by atoms with Gasteiger partial charge < -0.3 is 14.2 Å². The summed E-state index contributed by atoms with van der Waals surface area (Å²) in [6.45, 7) is 1.90. The largest absolute Gasteiger partial charge is 0.493 e. The Morgan fingerprint density at radius 3 is 2.18 bits per heavy atom. The van der Waals surface area contributed by atoms with Crippen LogP contribution in [0.15, 0.2) is 62.7 Å². The smallest absolute Gasteiger partial charge is 0.297 e. The first-order valence-corrected chi connectivity index (χ1v) is 13.3. The fraction of sp³-hybridized carbons (Fsp3) is 0.321. The molecule has 0 aliphatic heterocycles. The lowest BCUT2D eigenvalue weighted by Crippen LogP contribution is -2.20. The van der Waals surface area contributed by atoms with Gasteiger partial charge >= 0.3 is 0 Å². The predicted molar refractivity (Wildman–Crippen MR) is 160 cm³/mol. The van der Waals surface area contributed by atoms with Crippen LogP contribution >= 0.6 is 28.3 Å². The van der Waals surface area contributed by atoms with Gasteiger partial charge in [-0.05, 0) is 56.9 Å². The number of halogens is 1. The van der Waals surface area contributed by atoms with E-state index in [4.69, 9.17) is 24.3 Å².